The molecule has 2 N–H and O–H groups in total. The van der Waals surface area contributed by atoms with Crippen molar-refractivity contribution >= 4 is 5.82 Å². The Hall–Kier alpha value is -2.74. The van der Waals surface area contributed by atoms with Crippen LogP contribution in [0.1, 0.15) is 30.5 Å². The van der Waals surface area contributed by atoms with Crippen molar-refractivity contribution in [2.75, 3.05) is 12.3 Å². The van der Waals surface area contributed by atoms with Crippen molar-refractivity contribution in [1.82, 2.24) is 25.0 Å². The number of nitrogen functional groups attached to an aromatic ring is 1. The molecule has 1 aliphatic rings. The van der Waals surface area contributed by atoms with Gasteiger partial charge in [-0.25, -0.2) is 9.97 Å². The van der Waals surface area contributed by atoms with E-state index < -0.39 is 0 Å². The monoisotopic (exact) mass is 312 g/mol. The Bertz CT molecular complexity index is 785. The molecule has 0 aliphatic carbocycles. The van der Waals surface area contributed by atoms with Crippen LogP contribution in [0.4, 0.5) is 5.82 Å². The van der Waals surface area contributed by atoms with E-state index in [1.165, 1.54) is 6.33 Å². The maximum Gasteiger partial charge on any atom is 0.244 e. The third-order valence-electron chi connectivity index (χ3n) is 4.01. The molecule has 0 saturated carbocycles. The number of rotatable bonds is 4. The molecular weight excluding hydrogens is 296 g/mol. The number of hydrogen-bond donors (Lipinski definition) is 1. The molecule has 23 heavy (non-hydrogen) atoms. The molecule has 4 rings (SSSR count). The van der Waals surface area contributed by atoms with Crippen molar-refractivity contribution < 1.29 is 8.94 Å². The predicted octanol–water partition coefficient (Wildman–Crippen LogP) is 2.04. The Morgan fingerprint density at radius 2 is 2.35 bits per heavy atom. The molecule has 3 aromatic heterocycles. The quantitative estimate of drug-likeness (QED) is 0.779. The number of likely N-dealkylation sites (tertiary alicyclic amines) is 1. The first-order valence-corrected chi connectivity index (χ1v) is 7.47. The van der Waals surface area contributed by atoms with E-state index in [4.69, 9.17) is 14.7 Å². The average Bonchev–Trinajstić information content (AvgIpc) is 3.28. The molecule has 4 heterocycles. The SMILES string of the molecule is Nc1ncncc1-c1noc([C@@H]2CCCN2Cc2ccco2)n1. The average molecular weight is 312 g/mol. The number of hydrogen-bond acceptors (Lipinski definition) is 8. The van der Waals surface area contributed by atoms with Gasteiger partial charge >= 0.3 is 0 Å². The van der Waals surface area contributed by atoms with Gasteiger partial charge in [-0.3, -0.25) is 4.90 Å². The third-order valence-corrected chi connectivity index (χ3v) is 4.01. The van der Waals surface area contributed by atoms with Gasteiger partial charge in [0, 0.05) is 6.20 Å². The van der Waals surface area contributed by atoms with Crippen LogP contribution in [0.15, 0.2) is 39.9 Å². The number of anilines is 1. The molecule has 0 bridgehead atoms. The van der Waals surface area contributed by atoms with Gasteiger partial charge in [-0.05, 0) is 31.5 Å². The summed E-state index contributed by atoms with van der Waals surface area (Å²) in [5.41, 5.74) is 6.42. The molecule has 1 fully saturated rings. The highest BCUT2D eigenvalue weighted by molar-refractivity contribution is 5.66. The second kappa shape index (κ2) is 5.81. The summed E-state index contributed by atoms with van der Waals surface area (Å²) in [6.07, 6.45) is 6.72. The number of aromatic nitrogens is 4. The van der Waals surface area contributed by atoms with Crippen LogP contribution in [0.2, 0.25) is 0 Å². The highest BCUT2D eigenvalue weighted by Gasteiger charge is 2.31. The van der Waals surface area contributed by atoms with Crippen LogP contribution < -0.4 is 5.73 Å². The summed E-state index contributed by atoms with van der Waals surface area (Å²) >= 11 is 0. The van der Waals surface area contributed by atoms with E-state index in [9.17, 15) is 0 Å². The normalized spacial score (nSPS) is 18.5. The first kappa shape index (κ1) is 13.9. The van der Waals surface area contributed by atoms with Gasteiger partial charge in [0.2, 0.25) is 11.7 Å². The van der Waals surface area contributed by atoms with Crippen molar-refractivity contribution in [2.24, 2.45) is 0 Å². The van der Waals surface area contributed by atoms with Crippen LogP contribution in [0.25, 0.3) is 11.4 Å². The summed E-state index contributed by atoms with van der Waals surface area (Å²) < 4.78 is 10.9. The van der Waals surface area contributed by atoms with E-state index in [0.29, 0.717) is 23.1 Å². The Morgan fingerprint density at radius 3 is 3.17 bits per heavy atom. The molecule has 0 radical (unpaired) electrons. The summed E-state index contributed by atoms with van der Waals surface area (Å²) in [6.45, 7) is 1.70. The largest absolute Gasteiger partial charge is 0.468 e. The van der Waals surface area contributed by atoms with Crippen molar-refractivity contribution in [1.29, 1.82) is 0 Å². The highest BCUT2D eigenvalue weighted by atomic mass is 16.5. The Labute approximate surface area is 132 Å². The zero-order valence-electron chi connectivity index (χ0n) is 12.4. The minimum atomic E-state index is 0.0900. The Morgan fingerprint density at radius 1 is 1.39 bits per heavy atom. The van der Waals surface area contributed by atoms with E-state index >= 15 is 0 Å². The van der Waals surface area contributed by atoms with Crippen molar-refractivity contribution in [3.8, 4) is 11.4 Å². The molecule has 0 amide bonds. The lowest BCUT2D eigenvalue weighted by Gasteiger charge is -2.19. The van der Waals surface area contributed by atoms with Gasteiger partial charge in [0.15, 0.2) is 0 Å². The van der Waals surface area contributed by atoms with Crippen molar-refractivity contribution in [2.45, 2.75) is 25.4 Å². The fraction of sp³-hybridized carbons (Fsp3) is 0.333. The number of furan rings is 1. The molecule has 1 saturated heterocycles. The molecule has 1 atom stereocenters. The fourth-order valence-electron chi connectivity index (χ4n) is 2.89. The molecule has 118 valence electrons. The predicted molar refractivity (Wildman–Crippen MR) is 80.8 cm³/mol. The van der Waals surface area contributed by atoms with Crippen LogP contribution in [-0.2, 0) is 6.54 Å². The van der Waals surface area contributed by atoms with Gasteiger partial charge in [0.1, 0.15) is 17.9 Å². The molecule has 0 unspecified atom stereocenters. The summed E-state index contributed by atoms with van der Waals surface area (Å²) in [5, 5.41) is 4.03. The van der Waals surface area contributed by atoms with Gasteiger partial charge in [-0.1, -0.05) is 5.16 Å². The van der Waals surface area contributed by atoms with Gasteiger partial charge in [-0.15, -0.1) is 0 Å². The summed E-state index contributed by atoms with van der Waals surface area (Å²) in [5.74, 6) is 2.28. The van der Waals surface area contributed by atoms with Crippen LogP contribution in [0.3, 0.4) is 0 Å². The van der Waals surface area contributed by atoms with E-state index in [2.05, 4.69) is 25.0 Å². The molecule has 0 spiro atoms. The van der Waals surface area contributed by atoms with E-state index in [0.717, 1.165) is 31.7 Å². The first-order chi connectivity index (χ1) is 11.3. The van der Waals surface area contributed by atoms with Crippen LogP contribution in [0.5, 0.6) is 0 Å². The maximum absolute atomic E-state index is 5.84. The van der Waals surface area contributed by atoms with Crippen LogP contribution in [0, 0.1) is 0 Å². The fourth-order valence-corrected chi connectivity index (χ4v) is 2.89. The van der Waals surface area contributed by atoms with Gasteiger partial charge in [-0.2, -0.15) is 4.98 Å². The zero-order valence-corrected chi connectivity index (χ0v) is 12.4. The first-order valence-electron chi connectivity index (χ1n) is 7.47. The minimum absolute atomic E-state index is 0.0900. The summed E-state index contributed by atoms with van der Waals surface area (Å²) in [6, 6.07) is 3.95. The standard InChI is InChI=1S/C15H16N6O2/c16-13-11(7-17-9-18-13)14-19-15(23-20-14)12-4-1-5-21(12)8-10-3-2-6-22-10/h2-3,6-7,9,12H,1,4-5,8H2,(H2,16,17,18)/t12-/m0/s1. The summed E-state index contributed by atoms with van der Waals surface area (Å²) in [7, 11) is 0. The second-order valence-electron chi connectivity index (χ2n) is 5.49. The Kier molecular flexibility index (Phi) is 3.51. The van der Waals surface area contributed by atoms with E-state index in [-0.39, 0.29) is 6.04 Å². The van der Waals surface area contributed by atoms with Crippen LogP contribution in [-0.4, -0.2) is 31.6 Å². The third kappa shape index (κ3) is 2.68. The van der Waals surface area contributed by atoms with E-state index in [1.807, 2.05) is 12.1 Å². The molecular formula is C15H16N6O2. The lowest BCUT2D eigenvalue weighted by molar-refractivity contribution is 0.188. The highest BCUT2D eigenvalue weighted by Crippen LogP contribution is 2.33. The minimum Gasteiger partial charge on any atom is -0.468 e. The lowest BCUT2D eigenvalue weighted by Crippen LogP contribution is -2.22. The maximum atomic E-state index is 5.84. The van der Waals surface area contributed by atoms with Crippen LogP contribution >= 0.6 is 0 Å². The molecule has 8 heteroatoms. The smallest absolute Gasteiger partial charge is 0.244 e. The summed E-state index contributed by atoms with van der Waals surface area (Å²) in [4.78, 5) is 14.7. The topological polar surface area (TPSA) is 107 Å². The second-order valence-corrected chi connectivity index (χ2v) is 5.49. The molecule has 0 aromatic carbocycles. The molecule has 3 aromatic rings. The van der Waals surface area contributed by atoms with E-state index in [1.54, 1.807) is 12.5 Å². The van der Waals surface area contributed by atoms with Crippen molar-refractivity contribution in [3.05, 3.63) is 42.6 Å². The lowest BCUT2D eigenvalue weighted by atomic mass is 10.2. The Balaban J connectivity index is 1.57. The van der Waals surface area contributed by atoms with Crippen molar-refractivity contribution in [3.63, 3.8) is 0 Å². The van der Waals surface area contributed by atoms with Gasteiger partial charge < -0.3 is 14.7 Å². The number of nitrogens with zero attached hydrogens (tertiary/aromatic N) is 5. The molecule has 1 aliphatic heterocycles. The van der Waals surface area contributed by atoms with Gasteiger partial charge in [0.25, 0.3) is 0 Å². The number of nitrogens with two attached hydrogens (primary N) is 1. The molecule has 8 nitrogen and oxygen atoms in total. The zero-order chi connectivity index (χ0) is 15.6. The van der Waals surface area contributed by atoms with Gasteiger partial charge in [0.05, 0.1) is 24.4 Å².